The Bertz CT molecular complexity index is 609. The predicted octanol–water partition coefficient (Wildman–Crippen LogP) is 3.12. The van der Waals surface area contributed by atoms with Crippen LogP contribution in [-0.4, -0.2) is 8.42 Å². The van der Waals surface area contributed by atoms with Crippen LogP contribution in [-0.2, 0) is 10.0 Å². The highest BCUT2D eigenvalue weighted by Gasteiger charge is 2.19. The minimum Gasteiger partial charge on any atom is -0.207 e. The molecule has 0 bridgehead atoms. The molecule has 0 aromatic heterocycles. The van der Waals surface area contributed by atoms with Gasteiger partial charge in [0.05, 0.1) is 4.90 Å². The highest BCUT2D eigenvalue weighted by molar-refractivity contribution is 7.89. The summed E-state index contributed by atoms with van der Waals surface area (Å²) in [6, 6.07) is 17.8. The van der Waals surface area contributed by atoms with Gasteiger partial charge in [-0.15, -0.1) is 0 Å². The van der Waals surface area contributed by atoms with Crippen molar-refractivity contribution >= 4 is 10.0 Å². The Morgan fingerprint density at radius 3 is 2.00 bits per heavy atom. The Morgan fingerprint density at radius 2 is 1.47 bits per heavy atom. The lowest BCUT2D eigenvalue weighted by Gasteiger charge is -2.17. The van der Waals surface area contributed by atoms with Gasteiger partial charge < -0.3 is 0 Å². The van der Waals surface area contributed by atoms with Crippen molar-refractivity contribution in [2.24, 2.45) is 0 Å². The maximum absolute atomic E-state index is 12.3. The number of rotatable bonds is 5. The van der Waals surface area contributed by atoms with E-state index in [1.165, 1.54) is 0 Å². The molecule has 2 aromatic carbocycles. The third-order valence-electron chi connectivity index (χ3n) is 2.96. The average Bonchev–Trinajstić information content (AvgIpc) is 2.47. The van der Waals surface area contributed by atoms with Crippen molar-refractivity contribution in [3.8, 4) is 0 Å². The third-order valence-corrected chi connectivity index (χ3v) is 4.45. The zero-order valence-electron chi connectivity index (χ0n) is 10.8. The van der Waals surface area contributed by atoms with Crippen LogP contribution in [0.4, 0.5) is 0 Å². The van der Waals surface area contributed by atoms with E-state index in [1.54, 1.807) is 30.3 Å². The lowest BCUT2D eigenvalue weighted by atomic mass is 10.1. The first-order valence-corrected chi connectivity index (χ1v) is 7.74. The molecule has 1 atom stereocenters. The lowest BCUT2D eigenvalue weighted by Crippen LogP contribution is -2.28. The second-order valence-corrected chi connectivity index (χ2v) is 6.02. The number of hydrogen-bond donors (Lipinski definition) is 1. The Balaban J connectivity index is 2.24. The minimum atomic E-state index is -3.47. The molecule has 0 aliphatic heterocycles. The highest BCUT2D eigenvalue weighted by Crippen LogP contribution is 2.19. The van der Waals surface area contributed by atoms with Gasteiger partial charge in [0.2, 0.25) is 10.0 Å². The summed E-state index contributed by atoms with van der Waals surface area (Å²) < 4.78 is 27.3. The molecular formula is C15H17NO2S. The number of sulfonamides is 1. The molecule has 0 heterocycles. The Hall–Kier alpha value is -1.65. The van der Waals surface area contributed by atoms with Crippen LogP contribution in [0.15, 0.2) is 65.6 Å². The van der Waals surface area contributed by atoms with Gasteiger partial charge in [0.15, 0.2) is 0 Å². The van der Waals surface area contributed by atoms with E-state index in [9.17, 15) is 8.42 Å². The molecule has 3 nitrogen and oxygen atoms in total. The van der Waals surface area contributed by atoms with Gasteiger partial charge in [0.1, 0.15) is 0 Å². The zero-order valence-corrected chi connectivity index (χ0v) is 11.6. The molecule has 19 heavy (non-hydrogen) atoms. The first-order chi connectivity index (χ1) is 9.13. The van der Waals surface area contributed by atoms with Crippen LogP contribution >= 0.6 is 0 Å². The Morgan fingerprint density at radius 1 is 0.947 bits per heavy atom. The first-order valence-electron chi connectivity index (χ1n) is 6.26. The molecule has 100 valence electrons. The van der Waals surface area contributed by atoms with Crippen molar-refractivity contribution in [1.29, 1.82) is 0 Å². The fraction of sp³-hybridized carbons (Fsp3) is 0.200. The third kappa shape index (κ3) is 3.43. The SMILES string of the molecule is CCC(NS(=O)(=O)c1ccccc1)c1ccccc1. The highest BCUT2D eigenvalue weighted by atomic mass is 32.2. The standard InChI is InChI=1S/C15H17NO2S/c1-2-15(13-9-5-3-6-10-13)16-19(17,18)14-11-7-4-8-12-14/h3-12,15-16H,2H2,1H3. The first kappa shape index (κ1) is 13.8. The monoisotopic (exact) mass is 275 g/mol. The molecule has 4 heteroatoms. The maximum atomic E-state index is 12.3. The molecule has 2 rings (SSSR count). The van der Waals surface area contributed by atoms with Gasteiger partial charge in [-0.1, -0.05) is 55.5 Å². The van der Waals surface area contributed by atoms with E-state index >= 15 is 0 Å². The van der Waals surface area contributed by atoms with Crippen LogP contribution in [0.5, 0.6) is 0 Å². The van der Waals surface area contributed by atoms with Gasteiger partial charge in [-0.2, -0.15) is 0 Å². The number of nitrogens with one attached hydrogen (secondary N) is 1. The van der Waals surface area contributed by atoms with E-state index in [1.807, 2.05) is 37.3 Å². The van der Waals surface area contributed by atoms with E-state index in [0.717, 1.165) is 5.56 Å². The smallest absolute Gasteiger partial charge is 0.207 e. The quantitative estimate of drug-likeness (QED) is 0.911. The summed E-state index contributed by atoms with van der Waals surface area (Å²) >= 11 is 0. The summed E-state index contributed by atoms with van der Waals surface area (Å²) in [7, 11) is -3.47. The molecule has 0 saturated heterocycles. The van der Waals surface area contributed by atoms with E-state index in [-0.39, 0.29) is 6.04 Å². The molecule has 0 spiro atoms. The van der Waals surface area contributed by atoms with E-state index in [4.69, 9.17) is 0 Å². The predicted molar refractivity (Wildman–Crippen MR) is 76.2 cm³/mol. The van der Waals surface area contributed by atoms with Crippen molar-refractivity contribution in [2.75, 3.05) is 0 Å². The average molecular weight is 275 g/mol. The van der Waals surface area contributed by atoms with E-state index < -0.39 is 10.0 Å². The van der Waals surface area contributed by atoms with Crippen LogP contribution in [0.1, 0.15) is 24.9 Å². The molecule has 0 fully saturated rings. The van der Waals surface area contributed by atoms with Gasteiger partial charge in [0.25, 0.3) is 0 Å². The van der Waals surface area contributed by atoms with Gasteiger partial charge >= 0.3 is 0 Å². The van der Waals surface area contributed by atoms with Crippen molar-refractivity contribution < 1.29 is 8.42 Å². The van der Waals surface area contributed by atoms with E-state index in [0.29, 0.717) is 11.3 Å². The topological polar surface area (TPSA) is 46.2 Å². The van der Waals surface area contributed by atoms with Crippen LogP contribution in [0.2, 0.25) is 0 Å². The van der Waals surface area contributed by atoms with E-state index in [2.05, 4.69) is 4.72 Å². The largest absolute Gasteiger partial charge is 0.241 e. The van der Waals surface area contributed by atoms with Gasteiger partial charge in [0, 0.05) is 6.04 Å². The Kier molecular flexibility index (Phi) is 4.35. The summed E-state index contributed by atoms with van der Waals surface area (Å²) in [6.45, 7) is 1.96. The second kappa shape index (κ2) is 5.99. The molecule has 0 aliphatic rings. The van der Waals surface area contributed by atoms with Gasteiger partial charge in [-0.05, 0) is 24.1 Å². The molecule has 2 aromatic rings. The fourth-order valence-electron chi connectivity index (χ4n) is 1.93. The number of hydrogen-bond acceptors (Lipinski definition) is 2. The maximum Gasteiger partial charge on any atom is 0.241 e. The van der Waals surface area contributed by atoms with Gasteiger partial charge in [-0.25, -0.2) is 13.1 Å². The second-order valence-electron chi connectivity index (χ2n) is 4.31. The molecule has 1 unspecified atom stereocenters. The normalized spacial score (nSPS) is 13.1. The number of benzene rings is 2. The summed E-state index contributed by atoms with van der Waals surface area (Å²) in [5.41, 5.74) is 0.976. The molecule has 0 amide bonds. The lowest BCUT2D eigenvalue weighted by molar-refractivity contribution is 0.550. The summed E-state index contributed by atoms with van der Waals surface area (Å²) in [5.74, 6) is 0. The van der Waals surface area contributed by atoms with Crippen molar-refractivity contribution in [2.45, 2.75) is 24.3 Å². The fourth-order valence-corrected chi connectivity index (χ4v) is 3.26. The molecule has 1 N–H and O–H groups in total. The Labute approximate surface area is 114 Å². The van der Waals surface area contributed by atoms with Crippen LogP contribution < -0.4 is 4.72 Å². The summed E-state index contributed by atoms with van der Waals surface area (Å²) in [6.07, 6.45) is 0.704. The molecule has 0 radical (unpaired) electrons. The molecular weight excluding hydrogens is 258 g/mol. The molecule has 0 saturated carbocycles. The van der Waals surface area contributed by atoms with Crippen molar-refractivity contribution in [1.82, 2.24) is 4.72 Å². The van der Waals surface area contributed by atoms with Gasteiger partial charge in [-0.3, -0.25) is 0 Å². The summed E-state index contributed by atoms with van der Waals surface area (Å²) in [4.78, 5) is 0.296. The minimum absolute atomic E-state index is 0.202. The van der Waals surface area contributed by atoms with Crippen LogP contribution in [0, 0.1) is 0 Å². The van der Waals surface area contributed by atoms with Crippen molar-refractivity contribution in [3.05, 3.63) is 66.2 Å². The van der Waals surface area contributed by atoms with Crippen molar-refractivity contribution in [3.63, 3.8) is 0 Å². The van der Waals surface area contributed by atoms with Crippen LogP contribution in [0.25, 0.3) is 0 Å². The molecule has 0 aliphatic carbocycles. The zero-order chi connectivity index (χ0) is 13.7. The summed E-state index contributed by atoms with van der Waals surface area (Å²) in [5, 5.41) is 0. The van der Waals surface area contributed by atoms with Crippen LogP contribution in [0.3, 0.4) is 0 Å².